The van der Waals surface area contributed by atoms with E-state index in [0.717, 1.165) is 29.5 Å². The van der Waals surface area contributed by atoms with Crippen LogP contribution >= 0.6 is 0 Å². The van der Waals surface area contributed by atoms with Crippen LogP contribution in [-0.4, -0.2) is 28.6 Å². The van der Waals surface area contributed by atoms with Gasteiger partial charge in [-0.2, -0.15) is 0 Å². The first-order valence-corrected chi connectivity index (χ1v) is 14.2. The van der Waals surface area contributed by atoms with Gasteiger partial charge in [0.1, 0.15) is 17.7 Å². The second kappa shape index (κ2) is 11.6. The SMILES string of the molecule is CC(C)(C)OC(=O)N1C(Cc2ccccc2C2CCCCC2)C(=O)OC(c2ccccc2)C1c1ccccc1. The molecule has 204 valence electrons. The van der Waals surface area contributed by atoms with Crippen molar-refractivity contribution < 1.29 is 19.1 Å². The van der Waals surface area contributed by atoms with Crippen molar-refractivity contribution in [3.63, 3.8) is 0 Å². The smallest absolute Gasteiger partial charge is 0.411 e. The van der Waals surface area contributed by atoms with Gasteiger partial charge in [-0.05, 0) is 61.8 Å². The molecular weight excluding hydrogens is 486 g/mol. The number of hydrogen-bond donors (Lipinski definition) is 0. The van der Waals surface area contributed by atoms with Crippen LogP contribution in [0.2, 0.25) is 0 Å². The molecule has 5 rings (SSSR count). The van der Waals surface area contributed by atoms with Crippen LogP contribution in [0.3, 0.4) is 0 Å². The summed E-state index contributed by atoms with van der Waals surface area (Å²) >= 11 is 0. The quantitative estimate of drug-likeness (QED) is 0.318. The molecule has 3 unspecified atom stereocenters. The van der Waals surface area contributed by atoms with Gasteiger partial charge in [0.05, 0.1) is 0 Å². The van der Waals surface area contributed by atoms with E-state index in [2.05, 4.69) is 18.2 Å². The molecule has 0 spiro atoms. The number of cyclic esters (lactones) is 1. The molecule has 1 heterocycles. The molecule has 5 nitrogen and oxygen atoms in total. The van der Waals surface area contributed by atoms with Gasteiger partial charge in [0.25, 0.3) is 0 Å². The molecular formula is C34H39NO4. The Kier molecular flexibility index (Phi) is 8.06. The van der Waals surface area contributed by atoms with E-state index in [1.807, 2.05) is 87.5 Å². The van der Waals surface area contributed by atoms with Crippen LogP contribution in [0.1, 0.15) is 93.2 Å². The van der Waals surface area contributed by atoms with Crippen LogP contribution in [0.25, 0.3) is 0 Å². The van der Waals surface area contributed by atoms with E-state index >= 15 is 0 Å². The van der Waals surface area contributed by atoms with Gasteiger partial charge in [-0.25, -0.2) is 9.59 Å². The lowest BCUT2D eigenvalue weighted by molar-refractivity contribution is -0.174. The Morgan fingerprint density at radius 2 is 1.44 bits per heavy atom. The molecule has 2 fully saturated rings. The van der Waals surface area contributed by atoms with Crippen molar-refractivity contribution in [1.29, 1.82) is 0 Å². The van der Waals surface area contributed by atoms with E-state index in [1.54, 1.807) is 4.90 Å². The van der Waals surface area contributed by atoms with Crippen LogP contribution < -0.4 is 0 Å². The number of hydrogen-bond acceptors (Lipinski definition) is 4. The third-order valence-electron chi connectivity index (χ3n) is 7.82. The van der Waals surface area contributed by atoms with E-state index < -0.39 is 35.9 Å². The molecule has 1 saturated carbocycles. The molecule has 2 aliphatic rings. The first-order chi connectivity index (χ1) is 18.8. The molecule has 5 heteroatoms. The van der Waals surface area contributed by atoms with Crippen molar-refractivity contribution in [1.82, 2.24) is 4.90 Å². The summed E-state index contributed by atoms with van der Waals surface area (Å²) < 4.78 is 12.2. The molecule has 3 aromatic rings. The topological polar surface area (TPSA) is 55.8 Å². The van der Waals surface area contributed by atoms with Crippen LogP contribution in [0.4, 0.5) is 4.79 Å². The van der Waals surface area contributed by atoms with Gasteiger partial charge >= 0.3 is 12.1 Å². The van der Waals surface area contributed by atoms with Crippen molar-refractivity contribution in [2.75, 3.05) is 0 Å². The Hall–Kier alpha value is -3.60. The first kappa shape index (κ1) is 27.0. The van der Waals surface area contributed by atoms with E-state index in [1.165, 1.54) is 24.8 Å². The van der Waals surface area contributed by atoms with E-state index in [-0.39, 0.29) is 0 Å². The third kappa shape index (κ3) is 6.19. The largest absolute Gasteiger partial charge is 0.453 e. The summed E-state index contributed by atoms with van der Waals surface area (Å²) in [4.78, 5) is 29.5. The summed E-state index contributed by atoms with van der Waals surface area (Å²) in [7, 11) is 0. The Labute approximate surface area is 232 Å². The normalized spacial score (nSPS) is 22.3. The highest BCUT2D eigenvalue weighted by Gasteiger charge is 2.49. The summed E-state index contributed by atoms with van der Waals surface area (Å²) in [6.45, 7) is 5.56. The maximum Gasteiger partial charge on any atom is 0.411 e. The van der Waals surface area contributed by atoms with Gasteiger partial charge in [0.15, 0.2) is 6.10 Å². The summed E-state index contributed by atoms with van der Waals surface area (Å²) in [5.41, 5.74) is 3.41. The molecule has 3 atom stereocenters. The van der Waals surface area contributed by atoms with Crippen molar-refractivity contribution >= 4 is 12.1 Å². The summed E-state index contributed by atoms with van der Waals surface area (Å²) in [5, 5.41) is 0. The monoisotopic (exact) mass is 525 g/mol. The number of esters is 1. The maximum absolute atomic E-state index is 14.0. The molecule has 3 aromatic carbocycles. The summed E-state index contributed by atoms with van der Waals surface area (Å²) in [6.07, 6.45) is 5.27. The zero-order valence-electron chi connectivity index (χ0n) is 23.2. The Balaban J connectivity index is 1.59. The number of benzene rings is 3. The number of rotatable bonds is 5. The van der Waals surface area contributed by atoms with Gasteiger partial charge < -0.3 is 9.47 Å². The number of amides is 1. The Morgan fingerprint density at radius 3 is 2.08 bits per heavy atom. The van der Waals surface area contributed by atoms with Gasteiger partial charge in [0.2, 0.25) is 0 Å². The Bertz CT molecular complexity index is 1260. The fourth-order valence-electron chi connectivity index (χ4n) is 6.08. The predicted octanol–water partition coefficient (Wildman–Crippen LogP) is 7.92. The molecule has 0 radical (unpaired) electrons. The predicted molar refractivity (Wildman–Crippen MR) is 152 cm³/mol. The van der Waals surface area contributed by atoms with Gasteiger partial charge in [-0.1, -0.05) is 104 Å². The number of carbonyl (C=O) groups excluding carboxylic acids is 2. The summed E-state index contributed by atoms with van der Waals surface area (Å²) in [6, 6.07) is 26.6. The van der Waals surface area contributed by atoms with Crippen LogP contribution in [-0.2, 0) is 20.7 Å². The van der Waals surface area contributed by atoms with E-state index in [4.69, 9.17) is 9.47 Å². The van der Waals surface area contributed by atoms with Gasteiger partial charge in [-0.3, -0.25) is 4.90 Å². The zero-order chi connectivity index (χ0) is 27.4. The highest BCUT2D eigenvalue weighted by molar-refractivity contribution is 5.84. The molecule has 0 aromatic heterocycles. The fourth-order valence-corrected chi connectivity index (χ4v) is 6.08. The van der Waals surface area contributed by atoms with Crippen molar-refractivity contribution in [2.24, 2.45) is 0 Å². The zero-order valence-corrected chi connectivity index (χ0v) is 23.2. The molecule has 1 aliphatic heterocycles. The van der Waals surface area contributed by atoms with E-state index in [0.29, 0.717) is 12.3 Å². The Morgan fingerprint density at radius 1 is 0.846 bits per heavy atom. The number of nitrogens with zero attached hydrogens (tertiary/aromatic N) is 1. The molecule has 39 heavy (non-hydrogen) atoms. The minimum atomic E-state index is -0.810. The van der Waals surface area contributed by atoms with Crippen molar-refractivity contribution in [2.45, 2.75) is 89.0 Å². The van der Waals surface area contributed by atoms with Crippen LogP contribution in [0.5, 0.6) is 0 Å². The van der Waals surface area contributed by atoms with E-state index in [9.17, 15) is 9.59 Å². The minimum Gasteiger partial charge on any atom is -0.453 e. The average Bonchev–Trinajstić information content (AvgIpc) is 2.94. The highest BCUT2D eigenvalue weighted by Crippen LogP contribution is 2.44. The lowest BCUT2D eigenvalue weighted by atomic mass is 9.80. The number of morpholine rings is 1. The molecule has 0 bridgehead atoms. The van der Waals surface area contributed by atoms with Gasteiger partial charge in [0, 0.05) is 6.42 Å². The lowest BCUT2D eigenvalue weighted by Gasteiger charge is -2.45. The average molecular weight is 526 g/mol. The number of ether oxygens (including phenoxy) is 2. The molecule has 0 N–H and O–H groups in total. The maximum atomic E-state index is 14.0. The second-order valence-corrected chi connectivity index (χ2v) is 11.8. The number of carbonyl (C=O) groups is 2. The minimum absolute atomic E-state index is 0.385. The molecule has 1 saturated heterocycles. The van der Waals surface area contributed by atoms with Crippen LogP contribution in [0, 0.1) is 0 Å². The van der Waals surface area contributed by atoms with Crippen molar-refractivity contribution in [3.8, 4) is 0 Å². The second-order valence-electron chi connectivity index (χ2n) is 11.8. The lowest BCUT2D eigenvalue weighted by Crippen LogP contribution is -2.56. The van der Waals surface area contributed by atoms with Gasteiger partial charge in [-0.15, -0.1) is 0 Å². The first-order valence-electron chi connectivity index (χ1n) is 14.2. The highest BCUT2D eigenvalue weighted by atomic mass is 16.6. The third-order valence-corrected chi connectivity index (χ3v) is 7.82. The van der Waals surface area contributed by atoms with Crippen molar-refractivity contribution in [3.05, 3.63) is 107 Å². The molecule has 1 amide bonds. The molecule has 1 aliphatic carbocycles. The van der Waals surface area contributed by atoms with Crippen LogP contribution in [0.15, 0.2) is 84.9 Å². The fraction of sp³-hybridized carbons (Fsp3) is 0.412. The summed E-state index contributed by atoms with van der Waals surface area (Å²) in [5.74, 6) is 0.0758. The standard InChI is InChI=1S/C34H39NO4/c1-34(2,3)39-33(37)35-29(23-27-21-13-14-22-28(27)24-15-7-4-8-16-24)32(36)38-31(26-19-11-6-12-20-26)30(35)25-17-9-5-10-18-25/h5-6,9-14,17-22,24,29-31H,4,7-8,15-16,23H2,1-3H3.